The van der Waals surface area contributed by atoms with Gasteiger partial charge >= 0.3 is 0 Å². The van der Waals surface area contributed by atoms with Crippen LogP contribution in [-0.4, -0.2) is 21.7 Å². The highest BCUT2D eigenvalue weighted by Crippen LogP contribution is 2.38. The Morgan fingerprint density at radius 1 is 1.25 bits per heavy atom. The molecule has 0 aromatic heterocycles. The molecule has 28 heavy (non-hydrogen) atoms. The summed E-state index contributed by atoms with van der Waals surface area (Å²) in [5, 5.41) is 0. The molecule has 1 aliphatic rings. The molecule has 0 aliphatic carbocycles. The number of thiocarbonyl (C=S) groups is 1. The first-order valence-electron chi connectivity index (χ1n) is 8.51. The fraction of sp³-hybridized carbons (Fsp3) is 0.200. The van der Waals surface area contributed by atoms with Crippen LogP contribution in [0.4, 0.5) is 4.39 Å². The summed E-state index contributed by atoms with van der Waals surface area (Å²) in [5.41, 5.74) is 1.30. The summed E-state index contributed by atoms with van der Waals surface area (Å²) in [5.74, 6) is 0.198. The van der Waals surface area contributed by atoms with Crippen molar-refractivity contribution in [3.63, 3.8) is 0 Å². The fourth-order valence-corrected chi connectivity index (χ4v) is 5.39. The number of hydrogen-bond donors (Lipinski definition) is 0. The molecule has 1 heterocycles. The molecular weight excluding hydrogens is 529 g/mol. The zero-order valence-electron chi connectivity index (χ0n) is 14.9. The van der Waals surface area contributed by atoms with Crippen molar-refractivity contribution in [2.45, 2.75) is 20.0 Å². The summed E-state index contributed by atoms with van der Waals surface area (Å²) in [6.45, 7) is 2.74. The Hall–Kier alpha value is -1.22. The second kappa shape index (κ2) is 9.52. The summed E-state index contributed by atoms with van der Waals surface area (Å²) in [6, 6.07) is 10.2. The smallest absolute Gasteiger partial charge is 0.266 e. The number of amides is 1. The van der Waals surface area contributed by atoms with Crippen molar-refractivity contribution in [2.75, 3.05) is 6.54 Å². The van der Waals surface area contributed by atoms with Gasteiger partial charge in [-0.05, 0) is 68.1 Å². The van der Waals surface area contributed by atoms with Crippen LogP contribution in [0.25, 0.3) is 6.08 Å². The van der Waals surface area contributed by atoms with Crippen LogP contribution in [0.3, 0.4) is 0 Å². The Morgan fingerprint density at radius 2 is 1.93 bits per heavy atom. The van der Waals surface area contributed by atoms with E-state index in [9.17, 15) is 9.18 Å². The Balaban J connectivity index is 1.79. The maximum absolute atomic E-state index is 13.8. The Labute approximate surface area is 189 Å². The molecule has 1 aliphatic heterocycles. The maximum atomic E-state index is 13.8. The van der Waals surface area contributed by atoms with Gasteiger partial charge in [-0.1, -0.05) is 49.1 Å². The van der Waals surface area contributed by atoms with E-state index in [1.807, 2.05) is 25.1 Å². The highest BCUT2D eigenvalue weighted by atomic mass is 79.9. The summed E-state index contributed by atoms with van der Waals surface area (Å²) >= 11 is 13.6. The van der Waals surface area contributed by atoms with Gasteiger partial charge in [0.25, 0.3) is 5.91 Å². The lowest BCUT2D eigenvalue weighted by Gasteiger charge is -2.12. The standard InChI is InChI=1S/C20H16Br2FNO2S2/c1-2-7-24-19(25)17(28-20(24)27)10-12-8-14(21)18(15(22)9-12)26-11-13-5-3-4-6-16(13)23/h3-6,8-10H,2,7,11H2,1H3/b17-10+. The SMILES string of the molecule is CCCN1C(=O)/C(=C\c2cc(Br)c(OCc3ccccc3F)c(Br)c2)SC1=S. The normalized spacial score (nSPS) is 15.6. The monoisotopic (exact) mass is 543 g/mol. The van der Waals surface area contributed by atoms with Gasteiger partial charge in [-0.25, -0.2) is 4.39 Å². The topological polar surface area (TPSA) is 29.5 Å². The molecule has 2 aromatic rings. The van der Waals surface area contributed by atoms with E-state index >= 15 is 0 Å². The minimum absolute atomic E-state index is 0.0658. The van der Waals surface area contributed by atoms with Crippen LogP contribution in [0.2, 0.25) is 0 Å². The third kappa shape index (κ3) is 4.84. The first-order chi connectivity index (χ1) is 13.4. The average Bonchev–Trinajstić information content (AvgIpc) is 2.90. The van der Waals surface area contributed by atoms with Crippen molar-refractivity contribution < 1.29 is 13.9 Å². The molecule has 0 radical (unpaired) electrons. The fourth-order valence-electron chi connectivity index (χ4n) is 2.63. The summed E-state index contributed by atoms with van der Waals surface area (Å²) in [4.78, 5) is 14.7. The minimum atomic E-state index is -0.305. The highest BCUT2D eigenvalue weighted by molar-refractivity contribution is 9.11. The lowest BCUT2D eigenvalue weighted by atomic mass is 10.2. The van der Waals surface area contributed by atoms with Crippen LogP contribution in [0, 0.1) is 5.82 Å². The first-order valence-corrected chi connectivity index (χ1v) is 11.3. The Kier molecular flexibility index (Phi) is 7.31. The van der Waals surface area contributed by atoms with Crippen LogP contribution in [0.15, 0.2) is 50.2 Å². The molecule has 1 amide bonds. The molecule has 0 spiro atoms. The maximum Gasteiger partial charge on any atom is 0.266 e. The quantitative estimate of drug-likeness (QED) is 0.305. The summed E-state index contributed by atoms with van der Waals surface area (Å²) < 4.78 is 21.6. The largest absolute Gasteiger partial charge is 0.486 e. The van der Waals surface area contributed by atoms with Crippen LogP contribution < -0.4 is 4.74 Å². The second-order valence-corrected chi connectivity index (χ2v) is 9.41. The Bertz CT molecular complexity index is 942. The molecule has 0 unspecified atom stereocenters. The lowest BCUT2D eigenvalue weighted by Crippen LogP contribution is -2.28. The highest BCUT2D eigenvalue weighted by Gasteiger charge is 2.31. The predicted molar refractivity (Wildman–Crippen MR) is 123 cm³/mol. The molecule has 1 saturated heterocycles. The molecule has 1 fully saturated rings. The van der Waals surface area contributed by atoms with Crippen molar-refractivity contribution >= 4 is 72.1 Å². The van der Waals surface area contributed by atoms with Gasteiger partial charge in [0, 0.05) is 12.1 Å². The number of carbonyl (C=O) groups is 1. The van der Waals surface area contributed by atoms with E-state index in [1.165, 1.54) is 17.8 Å². The van der Waals surface area contributed by atoms with Gasteiger partial charge in [0.2, 0.25) is 0 Å². The van der Waals surface area contributed by atoms with E-state index in [0.717, 1.165) is 12.0 Å². The zero-order chi connectivity index (χ0) is 20.3. The predicted octanol–water partition coefficient (Wildman–Crippen LogP) is 6.54. The van der Waals surface area contributed by atoms with Crippen LogP contribution in [-0.2, 0) is 11.4 Å². The number of ether oxygens (including phenoxy) is 1. The third-order valence-electron chi connectivity index (χ3n) is 3.97. The van der Waals surface area contributed by atoms with Gasteiger partial charge in [-0.15, -0.1) is 0 Å². The van der Waals surface area contributed by atoms with E-state index in [1.54, 1.807) is 23.1 Å². The molecule has 0 N–H and O–H groups in total. The molecule has 0 bridgehead atoms. The van der Waals surface area contributed by atoms with Crippen LogP contribution in [0.1, 0.15) is 24.5 Å². The van der Waals surface area contributed by atoms with E-state index < -0.39 is 0 Å². The molecule has 146 valence electrons. The van der Waals surface area contributed by atoms with E-state index in [4.69, 9.17) is 17.0 Å². The number of benzene rings is 2. The lowest BCUT2D eigenvalue weighted by molar-refractivity contribution is -0.122. The van der Waals surface area contributed by atoms with Crippen molar-refractivity contribution in [3.8, 4) is 5.75 Å². The molecular formula is C20H16Br2FNO2S2. The van der Waals surface area contributed by atoms with Crippen molar-refractivity contribution in [3.05, 3.63) is 67.2 Å². The molecule has 0 atom stereocenters. The van der Waals surface area contributed by atoms with E-state index in [0.29, 0.717) is 36.0 Å². The number of halogens is 3. The third-order valence-corrected chi connectivity index (χ3v) is 6.52. The number of carbonyl (C=O) groups excluding carboxylic acids is 1. The Morgan fingerprint density at radius 3 is 2.57 bits per heavy atom. The first kappa shape index (κ1) is 21.5. The van der Waals surface area contributed by atoms with Crippen LogP contribution >= 0.6 is 55.8 Å². The second-order valence-electron chi connectivity index (χ2n) is 6.03. The van der Waals surface area contributed by atoms with E-state index in [-0.39, 0.29) is 18.3 Å². The van der Waals surface area contributed by atoms with Gasteiger partial charge in [0.05, 0.1) is 13.9 Å². The van der Waals surface area contributed by atoms with Crippen molar-refractivity contribution in [1.82, 2.24) is 4.90 Å². The van der Waals surface area contributed by atoms with Gasteiger partial charge in [-0.3, -0.25) is 9.69 Å². The molecule has 3 nitrogen and oxygen atoms in total. The van der Waals surface area contributed by atoms with Crippen molar-refractivity contribution in [2.24, 2.45) is 0 Å². The summed E-state index contributed by atoms with van der Waals surface area (Å²) in [7, 11) is 0. The summed E-state index contributed by atoms with van der Waals surface area (Å²) in [6.07, 6.45) is 2.66. The molecule has 0 saturated carbocycles. The number of hydrogen-bond acceptors (Lipinski definition) is 4. The van der Waals surface area contributed by atoms with Gasteiger partial charge < -0.3 is 4.74 Å². The minimum Gasteiger partial charge on any atom is -0.486 e. The van der Waals surface area contributed by atoms with Gasteiger partial charge in [0.1, 0.15) is 22.5 Å². The molecule has 8 heteroatoms. The van der Waals surface area contributed by atoms with Crippen LogP contribution in [0.5, 0.6) is 5.75 Å². The number of rotatable bonds is 6. The van der Waals surface area contributed by atoms with E-state index in [2.05, 4.69) is 31.9 Å². The van der Waals surface area contributed by atoms with Gasteiger partial charge in [0.15, 0.2) is 0 Å². The molecule has 3 rings (SSSR count). The van der Waals surface area contributed by atoms with Gasteiger partial charge in [-0.2, -0.15) is 0 Å². The number of thioether (sulfide) groups is 1. The molecule has 2 aromatic carbocycles. The zero-order valence-corrected chi connectivity index (χ0v) is 19.7. The van der Waals surface area contributed by atoms with Crippen molar-refractivity contribution in [1.29, 1.82) is 0 Å². The number of nitrogens with zero attached hydrogens (tertiary/aromatic N) is 1. The average molecular weight is 545 g/mol.